The van der Waals surface area contributed by atoms with Crippen molar-refractivity contribution < 1.29 is 14.3 Å². The average Bonchev–Trinajstić information content (AvgIpc) is 2.41. The number of alkyl halides is 1. The molecule has 2 rings (SSSR count). The fourth-order valence-electron chi connectivity index (χ4n) is 2.61. The van der Waals surface area contributed by atoms with Gasteiger partial charge in [-0.15, -0.1) is 0 Å². The molecule has 0 atom stereocenters. The quantitative estimate of drug-likeness (QED) is 0.823. The van der Waals surface area contributed by atoms with Crippen LogP contribution in [0.15, 0.2) is 18.2 Å². The van der Waals surface area contributed by atoms with Crippen LogP contribution in [0.2, 0.25) is 0 Å². The van der Waals surface area contributed by atoms with Gasteiger partial charge in [0.15, 0.2) is 0 Å². The molecular weight excluding hydrogens is 325 g/mol. The third-order valence-electron chi connectivity index (χ3n) is 4.07. The zero-order valence-electron chi connectivity index (χ0n) is 11.5. The van der Waals surface area contributed by atoms with E-state index in [9.17, 15) is 14.3 Å². The van der Waals surface area contributed by atoms with E-state index < -0.39 is 5.82 Å². The Balaban J connectivity index is 2.13. The van der Waals surface area contributed by atoms with Gasteiger partial charge in [0, 0.05) is 11.4 Å². The van der Waals surface area contributed by atoms with Crippen molar-refractivity contribution in [3.8, 4) is 5.75 Å². The van der Waals surface area contributed by atoms with Crippen molar-refractivity contribution in [1.29, 1.82) is 0 Å². The van der Waals surface area contributed by atoms with Gasteiger partial charge < -0.3 is 10.4 Å². The number of rotatable bonds is 3. The molecule has 3 nitrogen and oxygen atoms in total. The van der Waals surface area contributed by atoms with Crippen molar-refractivity contribution in [2.24, 2.45) is 5.92 Å². The van der Waals surface area contributed by atoms with Gasteiger partial charge >= 0.3 is 0 Å². The number of carbonyl (C=O) groups excluding carboxylic acids is 1. The molecule has 0 spiro atoms. The Morgan fingerprint density at radius 3 is 2.70 bits per heavy atom. The van der Waals surface area contributed by atoms with Crippen molar-refractivity contribution in [1.82, 2.24) is 5.32 Å². The molecule has 0 aliphatic heterocycles. The van der Waals surface area contributed by atoms with Crippen LogP contribution in [0.3, 0.4) is 0 Å². The highest BCUT2D eigenvalue weighted by atomic mass is 79.9. The number of hydrogen-bond acceptors (Lipinski definition) is 2. The number of amides is 1. The van der Waals surface area contributed by atoms with Gasteiger partial charge in [-0.1, -0.05) is 22.9 Å². The normalized spacial score (nSPS) is 26.2. The lowest BCUT2D eigenvalue weighted by Crippen LogP contribution is -2.52. The predicted octanol–water partition coefficient (Wildman–Crippen LogP) is 3.60. The highest BCUT2D eigenvalue weighted by Gasteiger charge is 2.35. The Kier molecular flexibility index (Phi) is 4.68. The molecule has 110 valence electrons. The van der Waals surface area contributed by atoms with E-state index in [4.69, 9.17) is 0 Å². The largest absolute Gasteiger partial charge is 0.507 e. The summed E-state index contributed by atoms with van der Waals surface area (Å²) in [4.78, 5) is 12.3. The summed E-state index contributed by atoms with van der Waals surface area (Å²) in [5.74, 6) is -0.549. The molecule has 0 heterocycles. The molecule has 1 aliphatic rings. The van der Waals surface area contributed by atoms with Crippen LogP contribution < -0.4 is 5.32 Å². The lowest BCUT2D eigenvalue weighted by Gasteiger charge is -2.39. The molecule has 1 aromatic rings. The maximum atomic E-state index is 13.0. The Morgan fingerprint density at radius 1 is 1.50 bits per heavy atom. The summed E-state index contributed by atoms with van der Waals surface area (Å²) in [6, 6.07) is 3.45. The van der Waals surface area contributed by atoms with Gasteiger partial charge in [0.05, 0.1) is 11.1 Å². The molecule has 1 amide bonds. The van der Waals surface area contributed by atoms with Gasteiger partial charge in [-0.3, -0.25) is 4.79 Å². The van der Waals surface area contributed by atoms with Crippen LogP contribution in [0.25, 0.3) is 0 Å². The monoisotopic (exact) mass is 343 g/mol. The smallest absolute Gasteiger partial charge is 0.255 e. The maximum absolute atomic E-state index is 13.0. The molecule has 0 unspecified atom stereocenters. The van der Waals surface area contributed by atoms with Gasteiger partial charge in [-0.25, -0.2) is 4.39 Å². The summed E-state index contributed by atoms with van der Waals surface area (Å²) < 4.78 is 13.0. The zero-order chi connectivity index (χ0) is 14.8. The number of nitrogens with one attached hydrogen (secondary N) is 1. The zero-order valence-corrected chi connectivity index (χ0v) is 13.0. The SMILES string of the molecule is CC1CCC(CBr)(NC(=O)c2ccc(F)cc2O)CC1. The second-order valence-electron chi connectivity index (χ2n) is 5.71. The molecule has 0 radical (unpaired) electrons. The molecule has 5 heteroatoms. The molecule has 0 bridgehead atoms. The Hall–Kier alpha value is -1.10. The van der Waals surface area contributed by atoms with E-state index in [2.05, 4.69) is 28.2 Å². The molecule has 1 saturated carbocycles. The van der Waals surface area contributed by atoms with Crippen molar-refractivity contribution in [2.45, 2.75) is 38.1 Å². The first-order valence-electron chi connectivity index (χ1n) is 6.83. The van der Waals surface area contributed by atoms with Crippen LogP contribution in [-0.2, 0) is 0 Å². The van der Waals surface area contributed by atoms with E-state index in [-0.39, 0.29) is 22.8 Å². The van der Waals surface area contributed by atoms with Crippen molar-refractivity contribution in [2.75, 3.05) is 5.33 Å². The first-order chi connectivity index (χ1) is 9.46. The number of hydrogen-bond donors (Lipinski definition) is 2. The molecular formula is C15H19BrFNO2. The number of carbonyl (C=O) groups is 1. The van der Waals surface area contributed by atoms with E-state index in [1.165, 1.54) is 12.1 Å². The molecule has 20 heavy (non-hydrogen) atoms. The van der Waals surface area contributed by atoms with E-state index >= 15 is 0 Å². The highest BCUT2D eigenvalue weighted by Crippen LogP contribution is 2.33. The second-order valence-corrected chi connectivity index (χ2v) is 6.27. The third kappa shape index (κ3) is 3.32. The minimum Gasteiger partial charge on any atom is -0.507 e. The second kappa shape index (κ2) is 6.12. The lowest BCUT2D eigenvalue weighted by atomic mass is 9.78. The van der Waals surface area contributed by atoms with Gasteiger partial charge in [-0.2, -0.15) is 0 Å². The number of aromatic hydroxyl groups is 1. The topological polar surface area (TPSA) is 49.3 Å². The van der Waals surface area contributed by atoms with Crippen LogP contribution >= 0.6 is 15.9 Å². The summed E-state index contributed by atoms with van der Waals surface area (Å²) in [5, 5.41) is 13.4. The average molecular weight is 344 g/mol. The van der Waals surface area contributed by atoms with Crippen LogP contribution in [0.1, 0.15) is 43.0 Å². The molecule has 0 aromatic heterocycles. The molecule has 1 fully saturated rings. The third-order valence-corrected chi connectivity index (χ3v) is 5.14. The van der Waals surface area contributed by atoms with E-state index in [0.29, 0.717) is 11.2 Å². The van der Waals surface area contributed by atoms with Crippen LogP contribution in [0.4, 0.5) is 4.39 Å². The van der Waals surface area contributed by atoms with E-state index in [0.717, 1.165) is 31.7 Å². The first-order valence-corrected chi connectivity index (χ1v) is 7.95. The van der Waals surface area contributed by atoms with Gasteiger partial charge in [0.2, 0.25) is 0 Å². The number of benzene rings is 1. The van der Waals surface area contributed by atoms with E-state index in [1.807, 2.05) is 0 Å². The Labute approximate surface area is 126 Å². The summed E-state index contributed by atoms with van der Waals surface area (Å²) in [6.07, 6.45) is 3.96. The summed E-state index contributed by atoms with van der Waals surface area (Å²) in [6.45, 7) is 2.21. The Morgan fingerprint density at radius 2 is 2.15 bits per heavy atom. The van der Waals surface area contributed by atoms with E-state index in [1.54, 1.807) is 0 Å². The highest BCUT2D eigenvalue weighted by molar-refractivity contribution is 9.09. The van der Waals surface area contributed by atoms with Gasteiger partial charge in [-0.05, 0) is 43.7 Å². The number of phenols is 1. The lowest BCUT2D eigenvalue weighted by molar-refractivity contribution is 0.0871. The summed E-state index contributed by atoms with van der Waals surface area (Å²) in [7, 11) is 0. The molecule has 1 aliphatic carbocycles. The fourth-order valence-corrected chi connectivity index (χ4v) is 3.31. The predicted molar refractivity (Wildman–Crippen MR) is 79.7 cm³/mol. The van der Waals surface area contributed by atoms with Crippen LogP contribution in [-0.4, -0.2) is 21.9 Å². The first kappa shape index (κ1) is 15.3. The molecule has 1 aromatic carbocycles. The van der Waals surface area contributed by atoms with Gasteiger partial charge in [0.1, 0.15) is 11.6 Å². The summed E-state index contributed by atoms with van der Waals surface area (Å²) >= 11 is 3.48. The van der Waals surface area contributed by atoms with Crippen molar-refractivity contribution >= 4 is 21.8 Å². The number of halogens is 2. The Bertz CT molecular complexity index is 499. The maximum Gasteiger partial charge on any atom is 0.255 e. The van der Waals surface area contributed by atoms with Gasteiger partial charge in [0.25, 0.3) is 5.91 Å². The van der Waals surface area contributed by atoms with Crippen molar-refractivity contribution in [3.63, 3.8) is 0 Å². The molecule has 2 N–H and O–H groups in total. The fraction of sp³-hybridized carbons (Fsp3) is 0.533. The van der Waals surface area contributed by atoms with Crippen LogP contribution in [0, 0.1) is 11.7 Å². The van der Waals surface area contributed by atoms with Crippen molar-refractivity contribution in [3.05, 3.63) is 29.6 Å². The minimum atomic E-state index is -0.555. The molecule has 0 saturated heterocycles. The minimum absolute atomic E-state index is 0.116. The standard InChI is InChI=1S/C15H19BrFNO2/c1-10-4-6-15(9-16,7-5-10)18-14(20)12-3-2-11(17)8-13(12)19/h2-3,8,10,19H,4-7,9H2,1H3,(H,18,20). The number of phenolic OH excluding ortho intramolecular Hbond substituents is 1. The van der Waals surface area contributed by atoms with Crippen LogP contribution in [0.5, 0.6) is 5.75 Å². The summed E-state index contributed by atoms with van der Waals surface area (Å²) in [5.41, 5.74) is -0.157.